The summed E-state index contributed by atoms with van der Waals surface area (Å²) in [5.41, 5.74) is 1.59. The Morgan fingerprint density at radius 2 is 1.70 bits per heavy atom. The lowest BCUT2D eigenvalue weighted by Crippen LogP contribution is -2.09. The van der Waals surface area contributed by atoms with E-state index in [1.54, 1.807) is 6.08 Å². The van der Waals surface area contributed by atoms with Crippen molar-refractivity contribution in [3.63, 3.8) is 0 Å². The van der Waals surface area contributed by atoms with Crippen LogP contribution >= 0.6 is 0 Å². The fourth-order valence-corrected chi connectivity index (χ4v) is 2.04. The molecule has 0 unspecified atom stereocenters. The summed E-state index contributed by atoms with van der Waals surface area (Å²) in [6, 6.07) is 14.9. The molecule has 0 heterocycles. The normalized spacial score (nSPS) is 10.5. The van der Waals surface area contributed by atoms with Gasteiger partial charge in [0.25, 0.3) is 0 Å². The van der Waals surface area contributed by atoms with Gasteiger partial charge in [-0.05, 0) is 49.8 Å². The molecule has 2 rings (SSSR count). The van der Waals surface area contributed by atoms with E-state index in [1.165, 1.54) is 6.08 Å². The summed E-state index contributed by atoms with van der Waals surface area (Å²) < 4.78 is 10.9. The molecular weight excluding hydrogens is 290 g/mol. The quantitative estimate of drug-likeness (QED) is 0.782. The highest BCUT2D eigenvalue weighted by atomic mass is 16.5. The van der Waals surface area contributed by atoms with Crippen molar-refractivity contribution in [2.45, 2.75) is 13.8 Å². The molecule has 2 aromatic carbocycles. The van der Waals surface area contributed by atoms with Crippen LogP contribution in [0.5, 0.6) is 11.5 Å². The van der Waals surface area contributed by atoms with Gasteiger partial charge in [0.05, 0.1) is 18.9 Å². The number of hydrogen-bond acceptors (Lipinski definition) is 3. The maximum Gasteiger partial charge on any atom is 0.248 e. The maximum absolute atomic E-state index is 12.0. The molecule has 0 aromatic heterocycles. The Bertz CT molecular complexity index is 663. The van der Waals surface area contributed by atoms with E-state index in [1.807, 2.05) is 62.4 Å². The van der Waals surface area contributed by atoms with Gasteiger partial charge in [0, 0.05) is 6.08 Å². The van der Waals surface area contributed by atoms with Gasteiger partial charge >= 0.3 is 0 Å². The molecule has 0 saturated carbocycles. The summed E-state index contributed by atoms with van der Waals surface area (Å²) in [5, 5.41) is 2.82. The highest BCUT2D eigenvalue weighted by Crippen LogP contribution is 2.23. The van der Waals surface area contributed by atoms with E-state index >= 15 is 0 Å². The number of nitrogens with one attached hydrogen (secondary N) is 1. The molecule has 1 amide bonds. The minimum absolute atomic E-state index is 0.203. The van der Waals surface area contributed by atoms with Gasteiger partial charge in [0.1, 0.15) is 11.5 Å². The van der Waals surface area contributed by atoms with Gasteiger partial charge in [0.2, 0.25) is 5.91 Å². The number of anilines is 1. The number of ether oxygens (including phenoxy) is 2. The van der Waals surface area contributed by atoms with Crippen LogP contribution in [0.3, 0.4) is 0 Å². The second-order valence-corrected chi connectivity index (χ2v) is 4.75. The Kier molecular flexibility index (Phi) is 6.24. The summed E-state index contributed by atoms with van der Waals surface area (Å²) in [4.78, 5) is 12.0. The van der Waals surface area contributed by atoms with Crippen LogP contribution in [0.4, 0.5) is 5.69 Å². The van der Waals surface area contributed by atoms with Crippen molar-refractivity contribution in [2.75, 3.05) is 18.5 Å². The zero-order chi connectivity index (χ0) is 16.5. The summed E-state index contributed by atoms with van der Waals surface area (Å²) in [7, 11) is 0. The highest BCUT2D eigenvalue weighted by molar-refractivity contribution is 6.02. The molecule has 0 spiro atoms. The van der Waals surface area contributed by atoms with Crippen LogP contribution in [0.2, 0.25) is 0 Å². The molecule has 0 aliphatic rings. The summed E-state index contributed by atoms with van der Waals surface area (Å²) in [6.07, 6.45) is 3.26. The van der Waals surface area contributed by atoms with Gasteiger partial charge in [0.15, 0.2) is 0 Å². The molecule has 120 valence electrons. The summed E-state index contributed by atoms with van der Waals surface area (Å²) in [5.74, 6) is 1.28. The van der Waals surface area contributed by atoms with E-state index in [0.717, 1.165) is 11.3 Å². The molecule has 0 saturated heterocycles. The molecule has 0 bridgehead atoms. The lowest BCUT2D eigenvalue weighted by molar-refractivity contribution is -0.111. The van der Waals surface area contributed by atoms with Crippen molar-refractivity contribution in [1.82, 2.24) is 0 Å². The fourth-order valence-electron chi connectivity index (χ4n) is 2.04. The van der Waals surface area contributed by atoms with Gasteiger partial charge in [-0.15, -0.1) is 0 Å². The smallest absolute Gasteiger partial charge is 0.248 e. The highest BCUT2D eigenvalue weighted by Gasteiger charge is 2.04. The monoisotopic (exact) mass is 311 g/mol. The zero-order valence-electron chi connectivity index (χ0n) is 13.4. The average molecular weight is 311 g/mol. The van der Waals surface area contributed by atoms with Gasteiger partial charge in [-0.2, -0.15) is 0 Å². The Balaban J connectivity index is 1.99. The third kappa shape index (κ3) is 5.18. The Morgan fingerprint density at radius 3 is 2.39 bits per heavy atom. The molecule has 0 radical (unpaired) electrons. The molecule has 4 nitrogen and oxygen atoms in total. The van der Waals surface area contributed by atoms with E-state index in [2.05, 4.69) is 5.32 Å². The first kappa shape index (κ1) is 16.6. The van der Waals surface area contributed by atoms with Crippen molar-refractivity contribution in [1.29, 1.82) is 0 Å². The van der Waals surface area contributed by atoms with Crippen molar-refractivity contribution >= 4 is 17.7 Å². The van der Waals surface area contributed by atoms with Crippen molar-refractivity contribution in [3.05, 3.63) is 60.2 Å². The summed E-state index contributed by atoms with van der Waals surface area (Å²) in [6.45, 7) is 5.04. The molecule has 1 N–H and O–H groups in total. The van der Waals surface area contributed by atoms with Gasteiger partial charge < -0.3 is 14.8 Å². The van der Waals surface area contributed by atoms with Crippen molar-refractivity contribution in [3.8, 4) is 11.5 Å². The predicted octanol–water partition coefficient (Wildman–Crippen LogP) is 4.14. The van der Waals surface area contributed by atoms with E-state index in [-0.39, 0.29) is 5.91 Å². The number of carbonyl (C=O) groups is 1. The van der Waals surface area contributed by atoms with Gasteiger partial charge in [-0.25, -0.2) is 0 Å². The largest absolute Gasteiger partial charge is 0.494 e. The molecular formula is C19H21NO3. The number of rotatable bonds is 7. The molecule has 23 heavy (non-hydrogen) atoms. The van der Waals surface area contributed by atoms with E-state index in [9.17, 15) is 4.79 Å². The van der Waals surface area contributed by atoms with Gasteiger partial charge in [-0.1, -0.05) is 24.3 Å². The number of benzene rings is 2. The standard InChI is InChI=1S/C19H21NO3/c1-3-22-16-12-9-15(10-13-16)11-14-19(21)20-17-7-5-6-8-18(17)23-4-2/h5-14H,3-4H2,1-2H3,(H,20,21). The van der Waals surface area contributed by atoms with Crippen LogP contribution in [0.15, 0.2) is 54.6 Å². The minimum atomic E-state index is -0.203. The predicted molar refractivity (Wildman–Crippen MR) is 92.9 cm³/mol. The average Bonchev–Trinajstić information content (AvgIpc) is 2.57. The van der Waals surface area contributed by atoms with Crippen LogP contribution in [-0.4, -0.2) is 19.1 Å². The third-order valence-electron chi connectivity index (χ3n) is 3.06. The van der Waals surface area contributed by atoms with Crippen molar-refractivity contribution < 1.29 is 14.3 Å². The Morgan fingerprint density at radius 1 is 1.00 bits per heavy atom. The Hall–Kier alpha value is -2.75. The minimum Gasteiger partial charge on any atom is -0.494 e. The lowest BCUT2D eigenvalue weighted by atomic mass is 10.2. The van der Waals surface area contributed by atoms with E-state index in [0.29, 0.717) is 24.7 Å². The molecule has 4 heteroatoms. The second-order valence-electron chi connectivity index (χ2n) is 4.75. The molecule has 0 aliphatic carbocycles. The molecule has 0 atom stereocenters. The van der Waals surface area contributed by atoms with Crippen molar-refractivity contribution in [2.24, 2.45) is 0 Å². The van der Waals surface area contributed by atoms with Crippen LogP contribution in [0.1, 0.15) is 19.4 Å². The third-order valence-corrected chi connectivity index (χ3v) is 3.06. The maximum atomic E-state index is 12.0. The van der Waals surface area contributed by atoms with E-state index in [4.69, 9.17) is 9.47 Å². The second kappa shape index (κ2) is 8.63. The molecule has 2 aromatic rings. The van der Waals surface area contributed by atoms with Crippen LogP contribution in [-0.2, 0) is 4.79 Å². The SMILES string of the molecule is CCOc1ccc(C=CC(=O)Nc2ccccc2OCC)cc1. The zero-order valence-corrected chi connectivity index (χ0v) is 13.4. The number of carbonyl (C=O) groups excluding carboxylic acids is 1. The van der Waals surface area contributed by atoms with Crippen LogP contribution in [0.25, 0.3) is 6.08 Å². The van der Waals surface area contributed by atoms with Crippen LogP contribution < -0.4 is 14.8 Å². The molecule has 0 fully saturated rings. The molecule has 0 aliphatic heterocycles. The first-order valence-electron chi connectivity index (χ1n) is 7.66. The van der Waals surface area contributed by atoms with E-state index < -0.39 is 0 Å². The van der Waals surface area contributed by atoms with Crippen LogP contribution in [0, 0.1) is 0 Å². The number of hydrogen-bond donors (Lipinski definition) is 1. The first-order valence-corrected chi connectivity index (χ1v) is 7.66. The fraction of sp³-hybridized carbons (Fsp3) is 0.211. The number of para-hydroxylation sites is 2. The lowest BCUT2D eigenvalue weighted by Gasteiger charge is -2.09. The topological polar surface area (TPSA) is 47.6 Å². The Labute approximate surface area is 136 Å². The number of amides is 1. The van der Waals surface area contributed by atoms with Gasteiger partial charge in [-0.3, -0.25) is 4.79 Å². The first-order chi connectivity index (χ1) is 11.2. The summed E-state index contributed by atoms with van der Waals surface area (Å²) >= 11 is 0.